The van der Waals surface area contributed by atoms with Crippen LogP contribution in [0.2, 0.25) is 10.2 Å². The van der Waals surface area contributed by atoms with Gasteiger partial charge >= 0.3 is 0 Å². The van der Waals surface area contributed by atoms with Gasteiger partial charge in [0.05, 0.1) is 31.9 Å². The van der Waals surface area contributed by atoms with E-state index in [2.05, 4.69) is 15.6 Å². The molecule has 0 amide bonds. The number of methoxy groups -OCH3 is 1. The molecule has 0 spiro atoms. The van der Waals surface area contributed by atoms with Gasteiger partial charge < -0.3 is 24.7 Å². The Balaban J connectivity index is 0.00000364. The van der Waals surface area contributed by atoms with Gasteiger partial charge in [0.1, 0.15) is 10.9 Å². The van der Waals surface area contributed by atoms with Crippen LogP contribution in [0.3, 0.4) is 0 Å². The zero-order chi connectivity index (χ0) is 18.9. The first-order valence-electron chi connectivity index (χ1n) is 8.20. The first kappa shape index (κ1) is 23.9. The van der Waals surface area contributed by atoms with Gasteiger partial charge in [-0.2, -0.15) is 0 Å². The number of ether oxygens (including phenoxy) is 2. The summed E-state index contributed by atoms with van der Waals surface area (Å²) < 4.78 is 12.7. The lowest BCUT2D eigenvalue weighted by Gasteiger charge is -2.13. The summed E-state index contributed by atoms with van der Waals surface area (Å²) in [6.07, 6.45) is 0. The van der Waals surface area contributed by atoms with E-state index in [0.717, 1.165) is 17.0 Å². The molecule has 0 aliphatic rings. The number of nitrogens with one attached hydrogen (secondary N) is 2. The van der Waals surface area contributed by atoms with Gasteiger partial charge in [0.25, 0.3) is 0 Å². The van der Waals surface area contributed by atoms with Gasteiger partial charge in [-0.25, -0.2) is 0 Å². The molecule has 9 heteroatoms. The highest BCUT2D eigenvalue weighted by molar-refractivity contribution is 14.0. The molecule has 0 fully saturated rings. The highest BCUT2D eigenvalue weighted by Crippen LogP contribution is 2.24. The fourth-order valence-electron chi connectivity index (χ4n) is 2.35. The van der Waals surface area contributed by atoms with Crippen molar-refractivity contribution >= 4 is 53.1 Å². The van der Waals surface area contributed by atoms with Crippen LogP contribution >= 0.6 is 47.2 Å². The zero-order valence-electron chi connectivity index (χ0n) is 15.6. The van der Waals surface area contributed by atoms with Gasteiger partial charge in [-0.05, 0) is 23.8 Å². The average molecular weight is 527 g/mol. The van der Waals surface area contributed by atoms with Crippen LogP contribution in [0.4, 0.5) is 0 Å². The molecule has 1 heterocycles. The van der Waals surface area contributed by atoms with Crippen molar-refractivity contribution in [1.29, 1.82) is 0 Å². The predicted molar refractivity (Wildman–Crippen MR) is 122 cm³/mol. The summed E-state index contributed by atoms with van der Waals surface area (Å²) >= 11 is 12.1. The number of aliphatic imine (C=N–C) groups is 1. The Kier molecular flexibility index (Phi) is 10.9. The molecular formula is C18H25Cl2IN4O2. The highest BCUT2D eigenvalue weighted by Gasteiger charge is 2.09. The summed E-state index contributed by atoms with van der Waals surface area (Å²) in [5.41, 5.74) is 2.04. The summed E-state index contributed by atoms with van der Waals surface area (Å²) in [6, 6.07) is 9.66. The van der Waals surface area contributed by atoms with Gasteiger partial charge in [0, 0.05) is 26.3 Å². The normalized spacial score (nSPS) is 11.1. The van der Waals surface area contributed by atoms with Gasteiger partial charge in [-0.1, -0.05) is 35.3 Å². The van der Waals surface area contributed by atoms with E-state index in [1.54, 1.807) is 14.2 Å². The second kappa shape index (κ2) is 12.3. The predicted octanol–water partition coefficient (Wildman–Crippen LogP) is 3.84. The van der Waals surface area contributed by atoms with Crippen LogP contribution in [-0.4, -0.2) is 37.8 Å². The van der Waals surface area contributed by atoms with E-state index in [9.17, 15) is 0 Å². The van der Waals surface area contributed by atoms with E-state index < -0.39 is 0 Å². The summed E-state index contributed by atoms with van der Waals surface area (Å²) in [4.78, 5) is 4.19. The molecule has 6 nitrogen and oxygen atoms in total. The Bertz CT molecular complexity index is 753. The number of hydrogen-bond acceptors (Lipinski definition) is 3. The topological polar surface area (TPSA) is 59.8 Å². The van der Waals surface area contributed by atoms with Crippen molar-refractivity contribution in [1.82, 2.24) is 15.2 Å². The first-order chi connectivity index (χ1) is 12.5. The van der Waals surface area contributed by atoms with Gasteiger partial charge in [0.2, 0.25) is 0 Å². The number of hydrogen-bond donors (Lipinski definition) is 2. The molecule has 150 valence electrons. The van der Waals surface area contributed by atoms with E-state index in [0.29, 0.717) is 42.4 Å². The molecule has 0 atom stereocenters. The lowest BCUT2D eigenvalue weighted by molar-refractivity contribution is 0.125. The molecule has 0 aliphatic carbocycles. The Hall–Kier alpha value is -1.16. The minimum Gasteiger partial charge on any atom is -0.497 e. The zero-order valence-corrected chi connectivity index (χ0v) is 19.4. The monoisotopic (exact) mass is 526 g/mol. The van der Waals surface area contributed by atoms with Crippen LogP contribution in [0.1, 0.15) is 11.3 Å². The second-order valence-electron chi connectivity index (χ2n) is 5.59. The molecule has 0 saturated heterocycles. The van der Waals surface area contributed by atoms with Crippen LogP contribution in [0.15, 0.2) is 35.3 Å². The molecule has 0 saturated carbocycles. The third kappa shape index (κ3) is 7.40. The van der Waals surface area contributed by atoms with Crippen molar-refractivity contribution in [3.8, 4) is 5.75 Å². The molecule has 2 aromatic rings. The molecule has 1 aromatic heterocycles. The molecule has 2 N–H and O–H groups in total. The average Bonchev–Trinajstić information content (AvgIpc) is 2.91. The van der Waals surface area contributed by atoms with Crippen LogP contribution in [0, 0.1) is 0 Å². The largest absolute Gasteiger partial charge is 0.497 e. The van der Waals surface area contributed by atoms with Crippen molar-refractivity contribution in [3.05, 3.63) is 51.8 Å². The Morgan fingerprint density at radius 1 is 1.22 bits per heavy atom. The number of benzene rings is 1. The smallest absolute Gasteiger partial charge is 0.191 e. The third-order valence-electron chi connectivity index (χ3n) is 3.82. The molecular weight excluding hydrogens is 502 g/mol. The Morgan fingerprint density at radius 2 is 2.00 bits per heavy atom. The van der Waals surface area contributed by atoms with Crippen molar-refractivity contribution in [3.63, 3.8) is 0 Å². The molecule has 27 heavy (non-hydrogen) atoms. The van der Waals surface area contributed by atoms with Crippen molar-refractivity contribution in [2.45, 2.75) is 13.2 Å². The highest BCUT2D eigenvalue weighted by atomic mass is 127. The standard InChI is InChI=1S/C18H24Cl2N4O2.HI/c1-21-18(23-11-14-10-16(19)17(20)24(14)2)22-7-8-26-12-13-5-4-6-15(9-13)25-3;/h4-6,9-10H,7-8,11-12H2,1-3H3,(H2,21,22,23);1H. The van der Waals surface area contributed by atoms with Crippen molar-refractivity contribution in [2.24, 2.45) is 12.0 Å². The van der Waals surface area contributed by atoms with E-state index in [1.807, 2.05) is 41.9 Å². The minimum absolute atomic E-state index is 0. The van der Waals surface area contributed by atoms with E-state index in [4.69, 9.17) is 32.7 Å². The third-order valence-corrected chi connectivity index (χ3v) is 4.66. The Labute approximate surface area is 187 Å². The number of rotatable bonds is 8. The number of aromatic nitrogens is 1. The molecule has 0 unspecified atom stereocenters. The van der Waals surface area contributed by atoms with Crippen LogP contribution in [0.25, 0.3) is 0 Å². The van der Waals surface area contributed by atoms with E-state index >= 15 is 0 Å². The number of guanidine groups is 1. The molecule has 1 aromatic carbocycles. The van der Waals surface area contributed by atoms with Crippen LogP contribution < -0.4 is 15.4 Å². The second-order valence-corrected chi connectivity index (χ2v) is 6.36. The lowest BCUT2D eigenvalue weighted by Crippen LogP contribution is -2.38. The van der Waals surface area contributed by atoms with Gasteiger partial charge in [-0.3, -0.25) is 4.99 Å². The molecule has 0 radical (unpaired) electrons. The molecule has 0 bridgehead atoms. The maximum atomic E-state index is 6.07. The first-order valence-corrected chi connectivity index (χ1v) is 8.95. The summed E-state index contributed by atoms with van der Waals surface area (Å²) in [5.74, 6) is 1.51. The fraction of sp³-hybridized carbons (Fsp3) is 0.389. The summed E-state index contributed by atoms with van der Waals surface area (Å²) in [6.45, 7) is 2.29. The maximum absolute atomic E-state index is 6.07. The molecule has 2 rings (SSSR count). The number of halogens is 3. The SMILES string of the molecule is CN=C(NCCOCc1cccc(OC)c1)NCc1cc(Cl)c(Cl)n1C.I. The summed E-state index contributed by atoms with van der Waals surface area (Å²) in [5, 5.41) is 7.49. The van der Waals surface area contributed by atoms with E-state index in [-0.39, 0.29) is 24.0 Å². The van der Waals surface area contributed by atoms with Crippen LogP contribution in [0.5, 0.6) is 5.75 Å². The van der Waals surface area contributed by atoms with Gasteiger partial charge in [0.15, 0.2) is 5.96 Å². The maximum Gasteiger partial charge on any atom is 0.191 e. The fourth-order valence-corrected chi connectivity index (χ4v) is 2.76. The van der Waals surface area contributed by atoms with Gasteiger partial charge in [-0.15, -0.1) is 24.0 Å². The van der Waals surface area contributed by atoms with E-state index in [1.165, 1.54) is 0 Å². The van der Waals surface area contributed by atoms with Crippen molar-refractivity contribution < 1.29 is 9.47 Å². The molecule has 0 aliphatic heterocycles. The lowest BCUT2D eigenvalue weighted by atomic mass is 10.2. The van der Waals surface area contributed by atoms with Crippen molar-refractivity contribution in [2.75, 3.05) is 27.3 Å². The summed E-state index contributed by atoms with van der Waals surface area (Å²) in [7, 11) is 5.24. The minimum atomic E-state index is 0. The Morgan fingerprint density at radius 3 is 2.63 bits per heavy atom. The van der Waals surface area contributed by atoms with Crippen LogP contribution in [-0.2, 0) is 24.9 Å². The quantitative estimate of drug-likeness (QED) is 0.237. The number of nitrogens with zero attached hydrogens (tertiary/aromatic N) is 2.